The maximum Gasteiger partial charge on any atom is 0.222 e. The van der Waals surface area contributed by atoms with Crippen LogP contribution >= 0.6 is 11.3 Å². The van der Waals surface area contributed by atoms with E-state index in [2.05, 4.69) is 32.6 Å². The Morgan fingerprint density at radius 2 is 2.20 bits per heavy atom. The number of hydrogen-bond donors (Lipinski definition) is 1. The molecule has 3 rings (SSSR count). The van der Waals surface area contributed by atoms with Crippen LogP contribution in [0.25, 0.3) is 0 Å². The lowest BCUT2D eigenvalue weighted by atomic mass is 10.0. The van der Waals surface area contributed by atoms with Gasteiger partial charge in [0.05, 0.1) is 0 Å². The van der Waals surface area contributed by atoms with Gasteiger partial charge in [-0.05, 0) is 36.9 Å². The van der Waals surface area contributed by atoms with Crippen LogP contribution in [-0.4, -0.2) is 55.0 Å². The first-order valence-electron chi connectivity index (χ1n) is 7.54. The van der Waals surface area contributed by atoms with Crippen LogP contribution in [0.1, 0.15) is 17.7 Å². The molecule has 0 aliphatic carbocycles. The highest BCUT2D eigenvalue weighted by molar-refractivity contribution is 7.09. The van der Waals surface area contributed by atoms with Gasteiger partial charge in [-0.1, -0.05) is 6.07 Å². The normalized spacial score (nSPS) is 24.2. The fraction of sp³-hybridized carbons (Fsp3) is 0.667. The first-order chi connectivity index (χ1) is 9.81. The molecule has 4 nitrogen and oxygen atoms in total. The molecule has 1 aromatic rings. The summed E-state index contributed by atoms with van der Waals surface area (Å²) in [6.07, 6.45) is 1.89. The van der Waals surface area contributed by atoms with Crippen LogP contribution < -0.4 is 5.32 Å². The fourth-order valence-electron chi connectivity index (χ4n) is 3.04. The molecule has 5 heteroatoms. The summed E-state index contributed by atoms with van der Waals surface area (Å²) >= 11 is 1.82. The number of piperazine rings is 1. The summed E-state index contributed by atoms with van der Waals surface area (Å²) < 4.78 is 0. The molecule has 0 spiro atoms. The lowest BCUT2D eigenvalue weighted by molar-refractivity contribution is -0.133. The van der Waals surface area contributed by atoms with Gasteiger partial charge in [-0.2, -0.15) is 0 Å². The molecule has 2 aliphatic rings. The molecule has 20 heavy (non-hydrogen) atoms. The maximum atomic E-state index is 12.3. The number of carbonyl (C=O) groups excluding carboxylic acids is 1. The Kier molecular flexibility index (Phi) is 4.70. The quantitative estimate of drug-likeness (QED) is 0.911. The first-order valence-corrected chi connectivity index (χ1v) is 8.42. The van der Waals surface area contributed by atoms with Crippen molar-refractivity contribution >= 4 is 17.2 Å². The highest BCUT2D eigenvalue weighted by atomic mass is 32.1. The zero-order valence-electron chi connectivity index (χ0n) is 11.9. The zero-order valence-corrected chi connectivity index (χ0v) is 12.7. The van der Waals surface area contributed by atoms with Crippen molar-refractivity contribution in [2.24, 2.45) is 5.92 Å². The van der Waals surface area contributed by atoms with E-state index in [4.69, 9.17) is 0 Å². The Morgan fingerprint density at radius 3 is 2.85 bits per heavy atom. The van der Waals surface area contributed by atoms with Crippen molar-refractivity contribution in [1.82, 2.24) is 15.1 Å². The van der Waals surface area contributed by atoms with E-state index in [1.54, 1.807) is 0 Å². The van der Waals surface area contributed by atoms with Crippen molar-refractivity contribution in [2.45, 2.75) is 19.4 Å². The van der Waals surface area contributed by atoms with Crippen LogP contribution in [0.5, 0.6) is 0 Å². The molecule has 1 atom stereocenters. The van der Waals surface area contributed by atoms with E-state index >= 15 is 0 Å². The minimum Gasteiger partial charge on any atom is -0.340 e. The topological polar surface area (TPSA) is 35.6 Å². The van der Waals surface area contributed by atoms with Crippen LogP contribution in [0, 0.1) is 5.92 Å². The Bertz CT molecular complexity index is 420. The Morgan fingerprint density at radius 1 is 1.35 bits per heavy atom. The molecule has 2 aliphatic heterocycles. The van der Waals surface area contributed by atoms with Crippen molar-refractivity contribution in [3.63, 3.8) is 0 Å². The molecule has 3 heterocycles. The molecule has 110 valence electrons. The van der Waals surface area contributed by atoms with E-state index in [9.17, 15) is 4.79 Å². The third-order valence-electron chi connectivity index (χ3n) is 4.31. The van der Waals surface area contributed by atoms with Crippen molar-refractivity contribution in [3.05, 3.63) is 22.4 Å². The third-order valence-corrected chi connectivity index (χ3v) is 5.17. The summed E-state index contributed by atoms with van der Waals surface area (Å²) in [5.74, 6) is 0.918. The standard InChI is InChI=1S/C15H23N3OS/c19-15(10-13-3-4-16-11-13)18-7-5-17(6-8-18)12-14-2-1-9-20-14/h1-2,9,13,16H,3-8,10-12H2. The Hall–Kier alpha value is -0.910. The number of amides is 1. The van der Waals surface area contributed by atoms with Crippen molar-refractivity contribution in [2.75, 3.05) is 39.3 Å². The van der Waals surface area contributed by atoms with E-state index < -0.39 is 0 Å². The highest BCUT2D eigenvalue weighted by Gasteiger charge is 2.24. The largest absolute Gasteiger partial charge is 0.340 e. The Labute approximate surface area is 124 Å². The molecule has 0 saturated carbocycles. The summed E-state index contributed by atoms with van der Waals surface area (Å²) in [4.78, 5) is 18.2. The van der Waals surface area contributed by atoms with Gasteiger partial charge >= 0.3 is 0 Å². The second-order valence-electron chi connectivity index (χ2n) is 5.80. The molecule has 0 aromatic carbocycles. The summed E-state index contributed by atoms with van der Waals surface area (Å²) in [5.41, 5.74) is 0. The lowest BCUT2D eigenvalue weighted by Gasteiger charge is -2.35. The predicted octanol–water partition coefficient (Wildman–Crippen LogP) is 1.39. The van der Waals surface area contributed by atoms with E-state index in [1.807, 2.05) is 11.3 Å². The smallest absolute Gasteiger partial charge is 0.222 e. The number of rotatable bonds is 4. The van der Waals surface area contributed by atoms with E-state index in [0.717, 1.165) is 58.7 Å². The number of carbonyl (C=O) groups is 1. The predicted molar refractivity (Wildman–Crippen MR) is 81.8 cm³/mol. The van der Waals surface area contributed by atoms with Gasteiger partial charge in [-0.15, -0.1) is 11.3 Å². The van der Waals surface area contributed by atoms with Gasteiger partial charge in [-0.3, -0.25) is 9.69 Å². The molecule has 0 bridgehead atoms. The van der Waals surface area contributed by atoms with E-state index in [0.29, 0.717) is 11.8 Å². The first kappa shape index (κ1) is 14.0. The second-order valence-corrected chi connectivity index (χ2v) is 6.83. The highest BCUT2D eigenvalue weighted by Crippen LogP contribution is 2.16. The summed E-state index contributed by atoms with van der Waals surface area (Å²) in [6, 6.07) is 4.30. The molecular formula is C15H23N3OS. The van der Waals surface area contributed by atoms with Crippen molar-refractivity contribution in [1.29, 1.82) is 0 Å². The molecular weight excluding hydrogens is 270 g/mol. The average Bonchev–Trinajstić information content (AvgIpc) is 3.13. The van der Waals surface area contributed by atoms with Gasteiger partial charge in [0.25, 0.3) is 0 Å². The zero-order chi connectivity index (χ0) is 13.8. The summed E-state index contributed by atoms with van der Waals surface area (Å²) in [5, 5.41) is 5.46. The maximum absolute atomic E-state index is 12.3. The average molecular weight is 293 g/mol. The number of nitrogens with zero attached hydrogens (tertiary/aromatic N) is 2. The number of hydrogen-bond acceptors (Lipinski definition) is 4. The molecule has 2 saturated heterocycles. The molecule has 1 aromatic heterocycles. The molecule has 2 fully saturated rings. The SMILES string of the molecule is O=C(CC1CCNC1)N1CCN(Cc2cccs2)CC1. The van der Waals surface area contributed by atoms with Crippen molar-refractivity contribution < 1.29 is 4.79 Å². The van der Waals surface area contributed by atoms with Gasteiger partial charge in [-0.25, -0.2) is 0 Å². The number of nitrogens with one attached hydrogen (secondary N) is 1. The minimum absolute atomic E-state index is 0.356. The lowest BCUT2D eigenvalue weighted by Crippen LogP contribution is -2.48. The van der Waals surface area contributed by atoms with Crippen LogP contribution in [0.3, 0.4) is 0 Å². The van der Waals surface area contributed by atoms with Crippen LogP contribution in [0.15, 0.2) is 17.5 Å². The second kappa shape index (κ2) is 6.70. The summed E-state index contributed by atoms with van der Waals surface area (Å²) in [7, 11) is 0. The van der Waals surface area contributed by atoms with Gasteiger partial charge < -0.3 is 10.2 Å². The molecule has 0 radical (unpaired) electrons. The van der Waals surface area contributed by atoms with Gasteiger partial charge in [0, 0.05) is 44.0 Å². The summed E-state index contributed by atoms with van der Waals surface area (Å²) in [6.45, 7) is 6.93. The van der Waals surface area contributed by atoms with Gasteiger partial charge in [0.2, 0.25) is 5.91 Å². The monoisotopic (exact) mass is 293 g/mol. The van der Waals surface area contributed by atoms with Crippen LogP contribution in [-0.2, 0) is 11.3 Å². The number of thiophene rings is 1. The van der Waals surface area contributed by atoms with Gasteiger partial charge in [0.1, 0.15) is 0 Å². The van der Waals surface area contributed by atoms with Crippen LogP contribution in [0.2, 0.25) is 0 Å². The molecule has 1 N–H and O–H groups in total. The van der Waals surface area contributed by atoms with Gasteiger partial charge in [0.15, 0.2) is 0 Å². The fourth-order valence-corrected chi connectivity index (χ4v) is 3.79. The molecule has 1 amide bonds. The third kappa shape index (κ3) is 3.59. The van der Waals surface area contributed by atoms with E-state index in [1.165, 1.54) is 4.88 Å². The van der Waals surface area contributed by atoms with E-state index in [-0.39, 0.29) is 0 Å². The van der Waals surface area contributed by atoms with Crippen LogP contribution in [0.4, 0.5) is 0 Å². The van der Waals surface area contributed by atoms with Crippen molar-refractivity contribution in [3.8, 4) is 0 Å². The minimum atomic E-state index is 0.356. The molecule has 1 unspecified atom stereocenters. The Balaban J connectivity index is 1.42.